The van der Waals surface area contributed by atoms with Crippen LogP contribution in [0, 0.1) is 5.92 Å². The lowest BCUT2D eigenvalue weighted by Crippen LogP contribution is -2.46. The average molecular weight is 344 g/mol. The van der Waals surface area contributed by atoms with Crippen molar-refractivity contribution >= 4 is 41.0 Å². The van der Waals surface area contributed by atoms with Crippen LogP contribution in [0.25, 0.3) is 0 Å². The van der Waals surface area contributed by atoms with Crippen molar-refractivity contribution in [1.82, 2.24) is 5.32 Å². The van der Waals surface area contributed by atoms with Gasteiger partial charge in [-0.15, -0.1) is 23.2 Å². The van der Waals surface area contributed by atoms with Crippen molar-refractivity contribution in [3.05, 3.63) is 0 Å². The number of carboxylic acid groups (broad SMARTS) is 1. The molecular weight excluding hydrogens is 321 g/mol. The van der Waals surface area contributed by atoms with Crippen molar-refractivity contribution in [2.24, 2.45) is 5.92 Å². The number of aliphatic carboxylic acids is 1. The molecule has 124 valence electrons. The zero-order chi connectivity index (χ0) is 17.2. The van der Waals surface area contributed by atoms with Gasteiger partial charge in [0.05, 0.1) is 11.8 Å². The third kappa shape index (κ3) is 13.7. The molecule has 21 heavy (non-hydrogen) atoms. The second kappa shape index (κ2) is 10.7. The Morgan fingerprint density at radius 2 is 1.57 bits per heavy atom. The molecule has 1 unspecified atom stereocenters. The Hall–Kier alpha value is -1.01. The van der Waals surface area contributed by atoms with E-state index < -0.39 is 23.7 Å². The summed E-state index contributed by atoms with van der Waals surface area (Å²) in [5, 5.41) is 11.1. The highest BCUT2D eigenvalue weighted by molar-refractivity contribution is 6.35. The van der Waals surface area contributed by atoms with Crippen LogP contribution >= 0.6 is 23.2 Å². The number of hydrogen-bond acceptors (Lipinski definition) is 4. The van der Waals surface area contributed by atoms with Gasteiger partial charge in [0, 0.05) is 0 Å². The fraction of sp³-hybridized carbons (Fsp3) is 0.769. The average Bonchev–Trinajstić information content (AvgIpc) is 2.32. The summed E-state index contributed by atoms with van der Waals surface area (Å²) in [5.74, 6) is -1.31. The summed E-state index contributed by atoms with van der Waals surface area (Å²) in [5.41, 5.74) is -0.621. The van der Waals surface area contributed by atoms with E-state index in [9.17, 15) is 14.4 Å². The van der Waals surface area contributed by atoms with E-state index >= 15 is 0 Å². The topological polar surface area (TPSA) is 92.7 Å². The van der Waals surface area contributed by atoms with Gasteiger partial charge >= 0.3 is 12.1 Å². The first-order valence-corrected chi connectivity index (χ1v) is 7.37. The van der Waals surface area contributed by atoms with Gasteiger partial charge in [0.25, 0.3) is 0 Å². The lowest BCUT2D eigenvalue weighted by Gasteiger charge is -2.23. The Morgan fingerprint density at radius 1 is 1.14 bits per heavy atom. The number of ketones is 1. The highest BCUT2D eigenvalue weighted by Gasteiger charge is 2.26. The maximum absolute atomic E-state index is 11.3. The van der Waals surface area contributed by atoms with E-state index in [1.165, 1.54) is 0 Å². The minimum atomic E-state index is -1.06. The van der Waals surface area contributed by atoms with E-state index in [0.29, 0.717) is 0 Å². The molecule has 0 aromatic heterocycles. The Balaban J connectivity index is 0. The van der Waals surface area contributed by atoms with Crippen molar-refractivity contribution in [3.63, 3.8) is 0 Å². The van der Waals surface area contributed by atoms with Crippen LogP contribution in [0.5, 0.6) is 0 Å². The summed E-state index contributed by atoms with van der Waals surface area (Å²) in [6, 6.07) is -0.917. The SMILES string of the molecule is CC(C)C(NC(=O)OC(C)(C)C)C(=O)O.O=C(CCl)CCl. The van der Waals surface area contributed by atoms with Crippen LogP contribution in [-0.2, 0) is 14.3 Å². The predicted molar refractivity (Wildman–Crippen MR) is 82.1 cm³/mol. The molecule has 0 rings (SSSR count). The molecule has 6 nitrogen and oxygen atoms in total. The van der Waals surface area contributed by atoms with Gasteiger partial charge in [0.2, 0.25) is 0 Å². The molecule has 0 aliphatic carbocycles. The number of carboxylic acids is 1. The van der Waals surface area contributed by atoms with Gasteiger partial charge in [0.1, 0.15) is 11.6 Å². The summed E-state index contributed by atoms with van der Waals surface area (Å²) in [6.45, 7) is 8.60. The molecule has 0 spiro atoms. The quantitative estimate of drug-likeness (QED) is 0.748. The monoisotopic (exact) mass is 343 g/mol. The molecule has 0 radical (unpaired) electrons. The lowest BCUT2D eigenvalue weighted by molar-refractivity contribution is -0.140. The van der Waals surface area contributed by atoms with Crippen molar-refractivity contribution in [2.75, 3.05) is 11.8 Å². The first kappa shape index (κ1) is 22.3. The van der Waals surface area contributed by atoms with Crippen molar-refractivity contribution < 1.29 is 24.2 Å². The molecule has 8 heteroatoms. The Morgan fingerprint density at radius 3 is 1.76 bits per heavy atom. The number of hydrogen-bond donors (Lipinski definition) is 2. The first-order chi connectivity index (χ1) is 9.44. The van der Waals surface area contributed by atoms with Gasteiger partial charge in [-0.2, -0.15) is 0 Å². The van der Waals surface area contributed by atoms with Gasteiger partial charge in [0.15, 0.2) is 5.78 Å². The van der Waals surface area contributed by atoms with Crippen molar-refractivity contribution in [3.8, 4) is 0 Å². The van der Waals surface area contributed by atoms with Crippen LogP contribution in [0.2, 0.25) is 0 Å². The second-order valence-electron chi connectivity index (χ2n) is 5.51. The molecule has 0 aromatic rings. The number of carbonyl (C=O) groups excluding carboxylic acids is 2. The van der Waals surface area contributed by atoms with Crippen LogP contribution in [0.4, 0.5) is 4.79 Å². The number of carbonyl (C=O) groups is 3. The standard InChI is InChI=1S/C10H19NO4.C3H4Cl2O/c1-6(2)7(8(12)13)11-9(14)15-10(3,4)5;4-1-3(6)2-5/h6-7H,1-5H3,(H,11,14)(H,12,13);1-2H2. The van der Waals surface area contributed by atoms with E-state index in [1.54, 1.807) is 34.6 Å². The van der Waals surface area contributed by atoms with Gasteiger partial charge in [-0.3, -0.25) is 4.79 Å². The molecular formula is C13H23Cl2NO5. The predicted octanol–water partition coefficient (Wildman–Crippen LogP) is 2.65. The normalized spacial score (nSPS) is 12.0. The molecule has 0 bridgehead atoms. The van der Waals surface area contributed by atoms with Gasteiger partial charge in [-0.25, -0.2) is 9.59 Å². The largest absolute Gasteiger partial charge is 0.480 e. The Bertz CT molecular complexity index is 347. The number of halogens is 2. The van der Waals surface area contributed by atoms with E-state index in [-0.39, 0.29) is 23.5 Å². The van der Waals surface area contributed by atoms with Gasteiger partial charge in [-0.05, 0) is 26.7 Å². The fourth-order valence-electron chi connectivity index (χ4n) is 0.984. The number of alkyl carbamates (subject to hydrolysis) is 1. The van der Waals surface area contributed by atoms with Gasteiger partial charge < -0.3 is 15.2 Å². The molecule has 1 atom stereocenters. The van der Waals surface area contributed by atoms with Crippen LogP contribution in [0.3, 0.4) is 0 Å². The van der Waals surface area contributed by atoms with E-state index in [1.807, 2.05) is 0 Å². The number of rotatable bonds is 5. The minimum Gasteiger partial charge on any atom is -0.480 e. The molecule has 2 N–H and O–H groups in total. The molecule has 0 heterocycles. The Labute approximate surface area is 135 Å². The second-order valence-corrected chi connectivity index (χ2v) is 6.05. The van der Waals surface area contributed by atoms with Crippen LogP contribution in [0.15, 0.2) is 0 Å². The zero-order valence-corrected chi connectivity index (χ0v) is 14.4. The van der Waals surface area contributed by atoms with E-state index in [4.69, 9.17) is 33.0 Å². The van der Waals surface area contributed by atoms with Gasteiger partial charge in [-0.1, -0.05) is 13.8 Å². The third-order valence-corrected chi connectivity index (χ3v) is 2.50. The number of Topliss-reactive ketones (excluding diaryl/α,β-unsaturated/α-hetero) is 1. The number of nitrogens with one attached hydrogen (secondary N) is 1. The maximum Gasteiger partial charge on any atom is 0.408 e. The van der Waals surface area contributed by atoms with Crippen molar-refractivity contribution in [2.45, 2.75) is 46.3 Å². The highest BCUT2D eigenvalue weighted by atomic mass is 35.5. The highest BCUT2D eigenvalue weighted by Crippen LogP contribution is 2.08. The molecule has 1 amide bonds. The molecule has 0 aliphatic rings. The summed E-state index contributed by atoms with van der Waals surface area (Å²) in [6.07, 6.45) is -0.705. The van der Waals surface area contributed by atoms with Crippen LogP contribution in [-0.4, -0.2) is 46.4 Å². The van der Waals surface area contributed by atoms with E-state index in [0.717, 1.165) is 0 Å². The fourth-order valence-corrected chi connectivity index (χ4v) is 1.27. The minimum absolute atomic E-state index is 0.0312. The first-order valence-electron chi connectivity index (χ1n) is 6.30. The maximum atomic E-state index is 11.3. The molecule has 0 aliphatic heterocycles. The number of alkyl halides is 2. The number of amides is 1. The zero-order valence-electron chi connectivity index (χ0n) is 12.9. The van der Waals surface area contributed by atoms with Crippen molar-refractivity contribution in [1.29, 1.82) is 0 Å². The third-order valence-electron chi connectivity index (χ3n) is 1.90. The number of ether oxygens (including phenoxy) is 1. The Kier molecular flexibility index (Phi) is 11.3. The smallest absolute Gasteiger partial charge is 0.408 e. The molecule has 0 fully saturated rings. The summed E-state index contributed by atoms with van der Waals surface area (Å²) < 4.78 is 4.96. The summed E-state index contributed by atoms with van der Waals surface area (Å²) >= 11 is 10.0. The van der Waals surface area contributed by atoms with Crippen LogP contribution in [0.1, 0.15) is 34.6 Å². The van der Waals surface area contributed by atoms with Crippen LogP contribution < -0.4 is 5.32 Å². The van der Waals surface area contributed by atoms with E-state index in [2.05, 4.69) is 5.32 Å². The molecule has 0 saturated heterocycles. The molecule has 0 aromatic carbocycles. The lowest BCUT2D eigenvalue weighted by atomic mass is 10.1. The summed E-state index contributed by atoms with van der Waals surface area (Å²) in [4.78, 5) is 32.0. The summed E-state index contributed by atoms with van der Waals surface area (Å²) in [7, 11) is 0. The molecule has 0 saturated carbocycles.